The second-order valence-corrected chi connectivity index (χ2v) is 3.29. The molecule has 1 saturated carbocycles. The zero-order valence-electron chi connectivity index (χ0n) is 7.99. The Balaban J connectivity index is 2.27. The third kappa shape index (κ3) is 1.80. The summed E-state index contributed by atoms with van der Waals surface area (Å²) in [5, 5.41) is 8.73. The highest BCUT2D eigenvalue weighted by molar-refractivity contribution is 5.46. The van der Waals surface area contributed by atoms with Crippen LogP contribution in [0.25, 0.3) is 0 Å². The second kappa shape index (κ2) is 3.59. The molecule has 3 heteroatoms. The molecular weight excluding hydrogens is 178 g/mol. The van der Waals surface area contributed by atoms with Gasteiger partial charge < -0.3 is 9.47 Å². The quantitative estimate of drug-likeness (QED) is 0.731. The van der Waals surface area contributed by atoms with Gasteiger partial charge in [-0.25, -0.2) is 0 Å². The van der Waals surface area contributed by atoms with Crippen molar-refractivity contribution >= 4 is 0 Å². The molecule has 0 radical (unpaired) electrons. The first-order valence-electron chi connectivity index (χ1n) is 4.58. The molecule has 2 rings (SSSR count). The Morgan fingerprint density at radius 2 is 2.14 bits per heavy atom. The van der Waals surface area contributed by atoms with Crippen LogP contribution in [0.4, 0.5) is 0 Å². The molecule has 0 spiro atoms. The van der Waals surface area contributed by atoms with Gasteiger partial charge in [-0.1, -0.05) is 0 Å². The lowest BCUT2D eigenvalue weighted by atomic mass is 10.2. The molecule has 0 aliphatic heterocycles. The molecule has 0 unspecified atom stereocenters. The van der Waals surface area contributed by atoms with Crippen LogP contribution in [0.3, 0.4) is 0 Å². The molecule has 1 aromatic carbocycles. The largest absolute Gasteiger partial charge is 0.493 e. The minimum atomic E-state index is 0.317. The van der Waals surface area contributed by atoms with Crippen molar-refractivity contribution in [3.05, 3.63) is 23.8 Å². The van der Waals surface area contributed by atoms with E-state index >= 15 is 0 Å². The fourth-order valence-electron chi connectivity index (χ4n) is 1.20. The van der Waals surface area contributed by atoms with Crippen molar-refractivity contribution in [3.8, 4) is 17.6 Å². The molecule has 1 aliphatic carbocycles. The van der Waals surface area contributed by atoms with Gasteiger partial charge in [0.25, 0.3) is 0 Å². The number of ether oxygens (including phenoxy) is 2. The van der Waals surface area contributed by atoms with Crippen molar-refractivity contribution in [3.63, 3.8) is 0 Å². The van der Waals surface area contributed by atoms with Crippen LogP contribution in [-0.4, -0.2) is 13.2 Å². The molecule has 0 bridgehead atoms. The predicted octanol–water partition coefficient (Wildman–Crippen LogP) is 2.11. The van der Waals surface area contributed by atoms with E-state index in [1.165, 1.54) is 0 Å². The van der Waals surface area contributed by atoms with Gasteiger partial charge in [0.05, 0.1) is 24.8 Å². The Morgan fingerprint density at radius 3 is 2.71 bits per heavy atom. The molecule has 1 aliphatic rings. The molecule has 0 saturated heterocycles. The highest BCUT2D eigenvalue weighted by Crippen LogP contribution is 2.33. The molecular formula is C11H11NO2. The smallest absolute Gasteiger partial charge is 0.162 e. The summed E-state index contributed by atoms with van der Waals surface area (Å²) in [6, 6.07) is 7.28. The van der Waals surface area contributed by atoms with Crippen molar-refractivity contribution in [1.82, 2.24) is 0 Å². The predicted molar refractivity (Wildman–Crippen MR) is 51.4 cm³/mol. The first-order valence-corrected chi connectivity index (χ1v) is 4.58. The number of rotatable bonds is 3. The van der Waals surface area contributed by atoms with Gasteiger partial charge in [0, 0.05) is 6.07 Å². The maximum absolute atomic E-state index is 8.73. The fraction of sp³-hybridized carbons (Fsp3) is 0.364. The van der Waals surface area contributed by atoms with Gasteiger partial charge in [0.1, 0.15) is 0 Å². The van der Waals surface area contributed by atoms with Gasteiger partial charge >= 0.3 is 0 Å². The van der Waals surface area contributed by atoms with Crippen LogP contribution in [0.5, 0.6) is 11.5 Å². The maximum atomic E-state index is 8.73. The minimum absolute atomic E-state index is 0.317. The Labute approximate surface area is 82.9 Å². The molecule has 3 nitrogen and oxygen atoms in total. The minimum Gasteiger partial charge on any atom is -0.493 e. The van der Waals surface area contributed by atoms with E-state index in [-0.39, 0.29) is 0 Å². The Morgan fingerprint density at radius 1 is 1.36 bits per heavy atom. The normalized spacial score (nSPS) is 14.6. The van der Waals surface area contributed by atoms with Crippen LogP contribution in [0.1, 0.15) is 18.4 Å². The molecule has 0 heterocycles. The lowest BCUT2D eigenvalue weighted by Gasteiger charge is -2.09. The van der Waals surface area contributed by atoms with Gasteiger partial charge in [0.2, 0.25) is 0 Å². The molecule has 1 fully saturated rings. The third-order valence-electron chi connectivity index (χ3n) is 2.11. The van der Waals surface area contributed by atoms with Gasteiger partial charge in [-0.2, -0.15) is 5.26 Å². The van der Waals surface area contributed by atoms with Crippen molar-refractivity contribution in [2.45, 2.75) is 18.9 Å². The summed E-state index contributed by atoms with van der Waals surface area (Å²) < 4.78 is 10.8. The average Bonchev–Trinajstić information content (AvgIpc) is 3.01. The van der Waals surface area contributed by atoms with Gasteiger partial charge in [-0.05, 0) is 25.0 Å². The molecule has 1 aromatic rings. The van der Waals surface area contributed by atoms with E-state index in [1.54, 1.807) is 25.3 Å². The van der Waals surface area contributed by atoms with Crippen LogP contribution in [0.15, 0.2) is 18.2 Å². The molecule has 0 amide bonds. The number of nitriles is 1. The van der Waals surface area contributed by atoms with Crippen LogP contribution in [0.2, 0.25) is 0 Å². The molecule has 0 N–H and O–H groups in total. The van der Waals surface area contributed by atoms with Crippen LogP contribution >= 0.6 is 0 Å². The zero-order chi connectivity index (χ0) is 9.97. The molecule has 0 atom stereocenters. The number of hydrogen-bond donors (Lipinski definition) is 0. The van der Waals surface area contributed by atoms with E-state index in [9.17, 15) is 0 Å². The summed E-state index contributed by atoms with van der Waals surface area (Å²) in [6.07, 6.45) is 2.51. The van der Waals surface area contributed by atoms with Crippen LogP contribution < -0.4 is 9.47 Å². The summed E-state index contributed by atoms with van der Waals surface area (Å²) in [6.45, 7) is 0. The molecule has 72 valence electrons. The third-order valence-corrected chi connectivity index (χ3v) is 2.11. The summed E-state index contributed by atoms with van der Waals surface area (Å²) in [7, 11) is 1.60. The maximum Gasteiger partial charge on any atom is 0.162 e. The first kappa shape index (κ1) is 8.89. The first-order chi connectivity index (χ1) is 6.83. The second-order valence-electron chi connectivity index (χ2n) is 3.29. The van der Waals surface area contributed by atoms with Gasteiger partial charge in [-0.3, -0.25) is 0 Å². The lowest BCUT2D eigenvalue weighted by molar-refractivity contribution is 0.282. The summed E-state index contributed by atoms with van der Waals surface area (Å²) >= 11 is 0. The van der Waals surface area contributed by atoms with E-state index in [4.69, 9.17) is 14.7 Å². The standard InChI is InChI=1S/C11H11NO2/c1-13-10-5-2-8(7-12)6-11(10)14-9-3-4-9/h2,5-6,9H,3-4H2,1H3. The van der Waals surface area contributed by atoms with Crippen LogP contribution in [0, 0.1) is 11.3 Å². The van der Waals surface area contributed by atoms with E-state index in [2.05, 4.69) is 6.07 Å². The van der Waals surface area contributed by atoms with Crippen molar-refractivity contribution < 1.29 is 9.47 Å². The number of hydrogen-bond acceptors (Lipinski definition) is 3. The van der Waals surface area contributed by atoms with Crippen molar-refractivity contribution in [2.24, 2.45) is 0 Å². The fourth-order valence-corrected chi connectivity index (χ4v) is 1.20. The summed E-state index contributed by atoms with van der Waals surface area (Å²) in [4.78, 5) is 0. The average molecular weight is 189 g/mol. The Kier molecular flexibility index (Phi) is 2.28. The van der Waals surface area contributed by atoms with Gasteiger partial charge in [0.15, 0.2) is 11.5 Å². The lowest BCUT2D eigenvalue weighted by Crippen LogP contribution is -1.98. The summed E-state index contributed by atoms with van der Waals surface area (Å²) in [5.74, 6) is 1.37. The zero-order valence-corrected chi connectivity index (χ0v) is 7.99. The van der Waals surface area contributed by atoms with E-state index in [0.29, 0.717) is 23.2 Å². The SMILES string of the molecule is COc1ccc(C#N)cc1OC1CC1. The number of methoxy groups -OCH3 is 1. The van der Waals surface area contributed by atoms with E-state index < -0.39 is 0 Å². The summed E-state index contributed by atoms with van der Waals surface area (Å²) in [5.41, 5.74) is 0.599. The highest BCUT2D eigenvalue weighted by atomic mass is 16.5. The number of benzene rings is 1. The topological polar surface area (TPSA) is 42.2 Å². The Bertz CT molecular complexity index is 377. The molecule has 0 aromatic heterocycles. The van der Waals surface area contributed by atoms with Crippen molar-refractivity contribution in [1.29, 1.82) is 5.26 Å². The van der Waals surface area contributed by atoms with Gasteiger partial charge in [-0.15, -0.1) is 0 Å². The molecule has 14 heavy (non-hydrogen) atoms. The number of nitrogens with zero attached hydrogens (tertiary/aromatic N) is 1. The highest BCUT2D eigenvalue weighted by Gasteiger charge is 2.24. The van der Waals surface area contributed by atoms with Crippen molar-refractivity contribution in [2.75, 3.05) is 7.11 Å². The van der Waals surface area contributed by atoms with E-state index in [1.807, 2.05) is 0 Å². The van der Waals surface area contributed by atoms with E-state index in [0.717, 1.165) is 12.8 Å². The Hall–Kier alpha value is -1.69. The monoisotopic (exact) mass is 189 g/mol. The van der Waals surface area contributed by atoms with Crippen LogP contribution in [-0.2, 0) is 0 Å².